The molecule has 0 bridgehead atoms. The molecule has 1 aromatic carbocycles. The molecule has 0 saturated carbocycles. The Morgan fingerprint density at radius 3 is 3.04 bits per heavy atom. The molecule has 5 nitrogen and oxygen atoms in total. The zero-order valence-corrected chi connectivity index (χ0v) is 14.5. The molecule has 1 N–H and O–H groups in total. The van der Waals surface area contributed by atoms with Crippen LogP contribution in [0.3, 0.4) is 0 Å². The Morgan fingerprint density at radius 1 is 1.43 bits per heavy atom. The maximum absolute atomic E-state index is 11.9. The van der Waals surface area contributed by atoms with Gasteiger partial charge in [0, 0.05) is 15.4 Å². The van der Waals surface area contributed by atoms with E-state index >= 15 is 0 Å². The molecule has 0 aliphatic carbocycles. The van der Waals surface area contributed by atoms with Crippen molar-refractivity contribution in [3.63, 3.8) is 0 Å². The summed E-state index contributed by atoms with van der Waals surface area (Å²) < 4.78 is 6.09. The number of hydrazone groups is 1. The van der Waals surface area contributed by atoms with E-state index in [2.05, 4.69) is 31.4 Å². The summed E-state index contributed by atoms with van der Waals surface area (Å²) in [5.41, 5.74) is 4.65. The first-order valence-electron chi connectivity index (χ1n) is 6.72. The minimum absolute atomic E-state index is 0.310. The molecule has 2 heterocycles. The standard InChI is InChI=1S/C16H12BrN3O2S/c1-10-14(5-6-22-10)15(21)20-18-8-13-9-23-16(19-13)11-3-2-4-12(17)7-11/h2-9H,1H3,(H,20,21)/b18-8-. The quantitative estimate of drug-likeness (QED) is 0.535. The van der Waals surface area contributed by atoms with Crippen molar-refractivity contribution >= 4 is 39.4 Å². The average molecular weight is 390 g/mol. The summed E-state index contributed by atoms with van der Waals surface area (Å²) in [7, 11) is 0. The zero-order chi connectivity index (χ0) is 16.2. The van der Waals surface area contributed by atoms with Gasteiger partial charge in [0.2, 0.25) is 0 Å². The SMILES string of the molecule is Cc1occc1C(=O)N/N=C\c1csc(-c2cccc(Br)c2)n1. The van der Waals surface area contributed by atoms with Crippen LogP contribution in [0.2, 0.25) is 0 Å². The Balaban J connectivity index is 1.67. The van der Waals surface area contributed by atoms with Gasteiger partial charge in [0.25, 0.3) is 5.91 Å². The van der Waals surface area contributed by atoms with Crippen LogP contribution in [0, 0.1) is 6.92 Å². The lowest BCUT2D eigenvalue weighted by molar-refractivity contribution is 0.0953. The first-order chi connectivity index (χ1) is 11.1. The van der Waals surface area contributed by atoms with Crippen molar-refractivity contribution in [3.8, 4) is 10.6 Å². The number of thiazole rings is 1. The van der Waals surface area contributed by atoms with E-state index in [0.29, 0.717) is 17.0 Å². The minimum Gasteiger partial charge on any atom is -0.469 e. The van der Waals surface area contributed by atoms with Crippen molar-refractivity contribution in [1.82, 2.24) is 10.4 Å². The van der Waals surface area contributed by atoms with Crippen LogP contribution in [0.1, 0.15) is 21.8 Å². The second kappa shape index (κ2) is 6.89. The molecule has 0 spiro atoms. The van der Waals surface area contributed by atoms with Crippen molar-refractivity contribution in [3.05, 3.63) is 63.5 Å². The molecule has 2 aromatic heterocycles. The fourth-order valence-electron chi connectivity index (χ4n) is 1.94. The van der Waals surface area contributed by atoms with Crippen molar-refractivity contribution in [2.24, 2.45) is 5.10 Å². The lowest BCUT2D eigenvalue weighted by atomic mass is 10.2. The number of hydrogen-bond donors (Lipinski definition) is 1. The van der Waals surface area contributed by atoms with E-state index in [1.807, 2.05) is 29.6 Å². The summed E-state index contributed by atoms with van der Waals surface area (Å²) >= 11 is 4.96. The number of aromatic nitrogens is 1. The molecule has 0 unspecified atom stereocenters. The maximum atomic E-state index is 11.9. The van der Waals surface area contributed by atoms with Gasteiger partial charge in [-0.2, -0.15) is 5.10 Å². The molecule has 0 aliphatic heterocycles. The summed E-state index contributed by atoms with van der Waals surface area (Å²) in [5.74, 6) is 0.248. The van der Waals surface area contributed by atoms with Gasteiger partial charge in [-0.1, -0.05) is 28.1 Å². The molecule has 1 amide bonds. The second-order valence-electron chi connectivity index (χ2n) is 4.68. The maximum Gasteiger partial charge on any atom is 0.274 e. The Bertz CT molecular complexity index is 870. The number of hydrogen-bond acceptors (Lipinski definition) is 5. The normalized spacial score (nSPS) is 11.0. The summed E-state index contributed by atoms with van der Waals surface area (Å²) in [6.45, 7) is 1.73. The predicted molar refractivity (Wildman–Crippen MR) is 93.8 cm³/mol. The molecule has 0 atom stereocenters. The van der Waals surface area contributed by atoms with E-state index in [0.717, 1.165) is 15.0 Å². The van der Waals surface area contributed by atoms with Crippen LogP contribution in [0.5, 0.6) is 0 Å². The Morgan fingerprint density at radius 2 is 2.30 bits per heavy atom. The topological polar surface area (TPSA) is 67.5 Å². The largest absolute Gasteiger partial charge is 0.469 e. The van der Waals surface area contributed by atoms with Gasteiger partial charge in [-0.3, -0.25) is 4.79 Å². The van der Waals surface area contributed by atoms with Gasteiger partial charge in [0.15, 0.2) is 0 Å². The third kappa shape index (κ3) is 3.75. The smallest absolute Gasteiger partial charge is 0.274 e. The van der Waals surface area contributed by atoms with Gasteiger partial charge in [-0.25, -0.2) is 10.4 Å². The van der Waals surface area contributed by atoms with Crippen molar-refractivity contribution in [2.45, 2.75) is 6.92 Å². The predicted octanol–water partition coefficient (Wildman–Crippen LogP) is 4.24. The van der Waals surface area contributed by atoms with E-state index in [9.17, 15) is 4.79 Å². The highest BCUT2D eigenvalue weighted by atomic mass is 79.9. The van der Waals surface area contributed by atoms with Gasteiger partial charge in [-0.15, -0.1) is 11.3 Å². The van der Waals surface area contributed by atoms with Gasteiger partial charge < -0.3 is 4.42 Å². The van der Waals surface area contributed by atoms with Gasteiger partial charge >= 0.3 is 0 Å². The monoisotopic (exact) mass is 389 g/mol. The fourth-order valence-corrected chi connectivity index (χ4v) is 3.10. The molecule has 3 aromatic rings. The molecule has 3 rings (SSSR count). The number of carbonyl (C=O) groups is 1. The van der Waals surface area contributed by atoms with E-state index < -0.39 is 0 Å². The number of furan rings is 1. The van der Waals surface area contributed by atoms with Crippen LogP contribution in [0.15, 0.2) is 56.0 Å². The van der Waals surface area contributed by atoms with Crippen LogP contribution in [-0.4, -0.2) is 17.1 Å². The molecule has 0 saturated heterocycles. The molecule has 0 fully saturated rings. The first-order valence-corrected chi connectivity index (χ1v) is 8.40. The number of nitrogens with one attached hydrogen (secondary N) is 1. The Labute approximate surface area is 145 Å². The van der Waals surface area contributed by atoms with E-state index in [4.69, 9.17) is 4.42 Å². The minimum atomic E-state index is -0.310. The van der Waals surface area contributed by atoms with Crippen LogP contribution in [-0.2, 0) is 0 Å². The molecule has 0 aliphatic rings. The number of nitrogens with zero attached hydrogens (tertiary/aromatic N) is 2. The fraction of sp³-hybridized carbons (Fsp3) is 0.0625. The third-order valence-corrected chi connectivity index (χ3v) is 4.46. The molecule has 0 radical (unpaired) electrons. The van der Waals surface area contributed by atoms with Crippen LogP contribution >= 0.6 is 27.3 Å². The van der Waals surface area contributed by atoms with Gasteiger partial charge in [-0.05, 0) is 25.1 Å². The Hall–Kier alpha value is -2.25. The van der Waals surface area contributed by atoms with Crippen LogP contribution < -0.4 is 5.43 Å². The number of amides is 1. The molecule has 7 heteroatoms. The highest BCUT2D eigenvalue weighted by Gasteiger charge is 2.10. The zero-order valence-electron chi connectivity index (χ0n) is 12.1. The van der Waals surface area contributed by atoms with Crippen molar-refractivity contribution in [1.29, 1.82) is 0 Å². The lowest BCUT2D eigenvalue weighted by Gasteiger charge is -1.97. The summed E-state index contributed by atoms with van der Waals surface area (Å²) in [4.78, 5) is 16.4. The summed E-state index contributed by atoms with van der Waals surface area (Å²) in [6, 6.07) is 9.53. The second-order valence-corrected chi connectivity index (χ2v) is 6.45. The van der Waals surface area contributed by atoms with Crippen molar-refractivity contribution < 1.29 is 9.21 Å². The van der Waals surface area contributed by atoms with E-state index in [-0.39, 0.29) is 5.91 Å². The van der Waals surface area contributed by atoms with E-state index in [1.54, 1.807) is 13.0 Å². The molecular formula is C16H12BrN3O2S. The molecule has 23 heavy (non-hydrogen) atoms. The highest BCUT2D eigenvalue weighted by molar-refractivity contribution is 9.10. The number of rotatable bonds is 4. The lowest BCUT2D eigenvalue weighted by Crippen LogP contribution is -2.17. The molecular weight excluding hydrogens is 378 g/mol. The number of carbonyl (C=O) groups excluding carboxylic acids is 1. The summed E-state index contributed by atoms with van der Waals surface area (Å²) in [5, 5.41) is 6.71. The third-order valence-electron chi connectivity index (χ3n) is 3.06. The highest BCUT2D eigenvalue weighted by Crippen LogP contribution is 2.25. The number of aryl methyl sites for hydroxylation is 1. The molecule has 116 valence electrons. The number of benzene rings is 1. The van der Waals surface area contributed by atoms with Gasteiger partial charge in [0.1, 0.15) is 10.8 Å². The van der Waals surface area contributed by atoms with Crippen LogP contribution in [0.4, 0.5) is 0 Å². The number of halogens is 1. The van der Waals surface area contributed by atoms with Gasteiger partial charge in [0.05, 0.1) is 23.7 Å². The van der Waals surface area contributed by atoms with E-state index in [1.165, 1.54) is 23.8 Å². The first kappa shape index (κ1) is 15.6. The average Bonchev–Trinajstić information content (AvgIpc) is 3.16. The van der Waals surface area contributed by atoms with Crippen LogP contribution in [0.25, 0.3) is 10.6 Å². The summed E-state index contributed by atoms with van der Waals surface area (Å²) in [6.07, 6.45) is 2.99. The van der Waals surface area contributed by atoms with Crippen molar-refractivity contribution in [2.75, 3.05) is 0 Å². The Kier molecular flexibility index (Phi) is 4.68.